The first-order chi connectivity index (χ1) is 9.51. The zero-order chi connectivity index (χ0) is 15.1. The summed E-state index contributed by atoms with van der Waals surface area (Å²) in [5.41, 5.74) is 5.52. The maximum atomic E-state index is 11.8. The van der Waals surface area contributed by atoms with E-state index < -0.39 is 11.0 Å². The van der Waals surface area contributed by atoms with Gasteiger partial charge in [-0.25, -0.2) is 0 Å². The van der Waals surface area contributed by atoms with Gasteiger partial charge in [0.2, 0.25) is 5.91 Å². The third kappa shape index (κ3) is 4.18. The second-order valence-electron chi connectivity index (χ2n) is 3.99. The van der Waals surface area contributed by atoms with E-state index in [0.29, 0.717) is 5.75 Å². The lowest BCUT2D eigenvalue weighted by Gasteiger charge is -2.14. The third-order valence-electron chi connectivity index (χ3n) is 2.68. The lowest BCUT2D eigenvalue weighted by Crippen LogP contribution is -2.28. The van der Waals surface area contributed by atoms with Gasteiger partial charge in [-0.05, 0) is 6.07 Å². The molecule has 1 aromatic carbocycles. The van der Waals surface area contributed by atoms with Crippen LogP contribution < -0.4 is 15.8 Å². The van der Waals surface area contributed by atoms with Crippen molar-refractivity contribution in [2.24, 2.45) is 5.73 Å². The van der Waals surface area contributed by atoms with E-state index >= 15 is 0 Å². The summed E-state index contributed by atoms with van der Waals surface area (Å²) >= 11 is 0. The molecule has 1 rings (SSSR count). The van der Waals surface area contributed by atoms with Crippen LogP contribution in [0.4, 0.5) is 11.4 Å². The minimum Gasteiger partial charge on any atom is -0.495 e. The van der Waals surface area contributed by atoms with E-state index in [9.17, 15) is 14.9 Å². The molecule has 1 amide bonds. The first kappa shape index (κ1) is 15.9. The quantitative estimate of drug-likeness (QED) is 0.567. The van der Waals surface area contributed by atoms with Crippen molar-refractivity contribution in [3.8, 4) is 5.75 Å². The number of methoxy groups -OCH3 is 2. The molecule has 0 saturated heterocycles. The number of anilines is 1. The topological polar surface area (TPSA) is 117 Å². The number of nitrogens with one attached hydrogen (secondary N) is 1. The standard InChI is InChI=1S/C12H17N3O5/c1-19-9(7-13)6-12(16)14-10-5-8(15(17)18)3-4-11(10)20-2/h3-5,9H,6-7,13H2,1-2H3,(H,14,16). The first-order valence-corrected chi connectivity index (χ1v) is 5.87. The van der Waals surface area contributed by atoms with Crippen molar-refractivity contribution in [2.45, 2.75) is 12.5 Å². The maximum absolute atomic E-state index is 11.8. The number of nitro benzene ring substituents is 1. The molecule has 0 aliphatic carbocycles. The third-order valence-corrected chi connectivity index (χ3v) is 2.68. The highest BCUT2D eigenvalue weighted by atomic mass is 16.6. The number of nitrogens with two attached hydrogens (primary N) is 1. The summed E-state index contributed by atoms with van der Waals surface area (Å²) < 4.78 is 10.0. The second kappa shape index (κ2) is 7.41. The maximum Gasteiger partial charge on any atom is 0.271 e. The van der Waals surface area contributed by atoms with E-state index in [1.165, 1.54) is 32.4 Å². The van der Waals surface area contributed by atoms with Crippen molar-refractivity contribution in [2.75, 3.05) is 26.1 Å². The molecular formula is C12H17N3O5. The van der Waals surface area contributed by atoms with Gasteiger partial charge in [-0.15, -0.1) is 0 Å². The molecule has 0 heterocycles. The molecule has 0 aliphatic rings. The number of hydrogen-bond acceptors (Lipinski definition) is 6. The molecule has 0 radical (unpaired) electrons. The Kier molecular flexibility index (Phi) is 5.88. The number of non-ortho nitro benzene ring substituents is 1. The van der Waals surface area contributed by atoms with E-state index in [0.717, 1.165) is 0 Å². The largest absolute Gasteiger partial charge is 0.495 e. The minimum absolute atomic E-state index is 0.0544. The summed E-state index contributed by atoms with van der Waals surface area (Å²) in [4.78, 5) is 22.0. The summed E-state index contributed by atoms with van der Waals surface area (Å²) in [6, 6.07) is 3.96. The normalized spacial score (nSPS) is 11.8. The fourth-order valence-corrected chi connectivity index (χ4v) is 1.58. The minimum atomic E-state index is -0.549. The molecule has 8 heteroatoms. The van der Waals surface area contributed by atoms with Crippen LogP contribution >= 0.6 is 0 Å². The number of nitrogens with zero attached hydrogens (tertiary/aromatic N) is 1. The molecule has 0 bridgehead atoms. The summed E-state index contributed by atoms with van der Waals surface area (Å²) in [5.74, 6) is -0.0215. The lowest BCUT2D eigenvalue weighted by molar-refractivity contribution is -0.384. The fourth-order valence-electron chi connectivity index (χ4n) is 1.58. The molecule has 8 nitrogen and oxygen atoms in total. The van der Waals surface area contributed by atoms with Crippen molar-refractivity contribution in [3.63, 3.8) is 0 Å². The Morgan fingerprint density at radius 1 is 1.50 bits per heavy atom. The first-order valence-electron chi connectivity index (χ1n) is 5.87. The number of carbonyl (C=O) groups excluding carboxylic acids is 1. The van der Waals surface area contributed by atoms with E-state index in [2.05, 4.69) is 5.32 Å². The number of amides is 1. The Bertz CT molecular complexity index is 488. The molecule has 1 aromatic rings. The van der Waals surface area contributed by atoms with Gasteiger partial charge in [-0.1, -0.05) is 0 Å². The van der Waals surface area contributed by atoms with Crippen LogP contribution in [0.25, 0.3) is 0 Å². The van der Waals surface area contributed by atoms with E-state index in [4.69, 9.17) is 15.2 Å². The zero-order valence-corrected chi connectivity index (χ0v) is 11.3. The molecule has 110 valence electrons. The molecule has 1 unspecified atom stereocenters. The molecule has 0 fully saturated rings. The predicted molar refractivity (Wildman–Crippen MR) is 72.7 cm³/mol. The van der Waals surface area contributed by atoms with Gasteiger partial charge in [0.25, 0.3) is 5.69 Å². The average Bonchev–Trinajstić information content (AvgIpc) is 2.44. The van der Waals surface area contributed by atoms with Crippen LogP contribution in [0.15, 0.2) is 18.2 Å². The van der Waals surface area contributed by atoms with Crippen LogP contribution in [-0.4, -0.2) is 37.7 Å². The summed E-state index contributed by atoms with van der Waals surface area (Å²) in [6.07, 6.45) is -0.349. The zero-order valence-electron chi connectivity index (χ0n) is 11.3. The van der Waals surface area contributed by atoms with E-state index in [1.54, 1.807) is 0 Å². The van der Waals surface area contributed by atoms with Gasteiger partial charge >= 0.3 is 0 Å². The highest BCUT2D eigenvalue weighted by molar-refractivity contribution is 5.93. The summed E-state index contributed by atoms with van der Waals surface area (Å²) in [7, 11) is 2.87. The van der Waals surface area contributed by atoms with Gasteiger partial charge in [-0.3, -0.25) is 14.9 Å². The van der Waals surface area contributed by atoms with Gasteiger partial charge in [0, 0.05) is 25.8 Å². The van der Waals surface area contributed by atoms with Crippen LogP contribution in [-0.2, 0) is 9.53 Å². The smallest absolute Gasteiger partial charge is 0.271 e. The highest BCUT2D eigenvalue weighted by Gasteiger charge is 2.16. The molecule has 3 N–H and O–H groups in total. The van der Waals surface area contributed by atoms with Gasteiger partial charge in [0.05, 0.1) is 30.2 Å². The van der Waals surface area contributed by atoms with Crippen LogP contribution in [0.3, 0.4) is 0 Å². The Balaban J connectivity index is 2.86. The number of carbonyl (C=O) groups is 1. The predicted octanol–water partition coefficient (Wildman–Crippen LogP) is 0.906. The molecule has 0 saturated carbocycles. The molecule has 0 aromatic heterocycles. The second-order valence-corrected chi connectivity index (χ2v) is 3.99. The van der Waals surface area contributed by atoms with Crippen molar-refractivity contribution in [1.82, 2.24) is 0 Å². The van der Waals surface area contributed by atoms with Crippen LogP contribution in [0.1, 0.15) is 6.42 Å². The molecular weight excluding hydrogens is 266 g/mol. The summed E-state index contributed by atoms with van der Waals surface area (Å²) in [5, 5.41) is 13.3. The van der Waals surface area contributed by atoms with E-state index in [1.807, 2.05) is 0 Å². The Morgan fingerprint density at radius 3 is 2.70 bits per heavy atom. The molecule has 0 spiro atoms. The average molecular weight is 283 g/mol. The van der Waals surface area contributed by atoms with Crippen molar-refractivity contribution in [1.29, 1.82) is 0 Å². The highest BCUT2D eigenvalue weighted by Crippen LogP contribution is 2.28. The fraction of sp³-hybridized carbons (Fsp3) is 0.417. The van der Waals surface area contributed by atoms with Gasteiger partial charge < -0.3 is 20.5 Å². The van der Waals surface area contributed by atoms with Crippen molar-refractivity contribution in [3.05, 3.63) is 28.3 Å². The molecule has 20 heavy (non-hydrogen) atoms. The van der Waals surface area contributed by atoms with Gasteiger partial charge in [0.1, 0.15) is 5.75 Å². The molecule has 0 aliphatic heterocycles. The Labute approximate surface area is 116 Å². The lowest BCUT2D eigenvalue weighted by atomic mass is 10.2. The Hall–Kier alpha value is -2.19. The van der Waals surface area contributed by atoms with Crippen LogP contribution in [0.2, 0.25) is 0 Å². The van der Waals surface area contributed by atoms with Crippen molar-refractivity contribution >= 4 is 17.3 Å². The number of ether oxygens (including phenoxy) is 2. The SMILES string of the molecule is COc1ccc([N+](=O)[O-])cc1NC(=O)CC(CN)OC. The molecule has 1 atom stereocenters. The van der Waals surface area contributed by atoms with E-state index in [-0.39, 0.29) is 30.2 Å². The van der Waals surface area contributed by atoms with Crippen LogP contribution in [0, 0.1) is 10.1 Å². The number of hydrogen-bond donors (Lipinski definition) is 2. The monoisotopic (exact) mass is 283 g/mol. The van der Waals surface area contributed by atoms with Crippen LogP contribution in [0.5, 0.6) is 5.75 Å². The van der Waals surface area contributed by atoms with Crippen molar-refractivity contribution < 1.29 is 19.2 Å². The number of benzene rings is 1. The van der Waals surface area contributed by atoms with Gasteiger partial charge in [-0.2, -0.15) is 0 Å². The number of nitro groups is 1. The Morgan fingerprint density at radius 2 is 2.20 bits per heavy atom. The van der Waals surface area contributed by atoms with Gasteiger partial charge in [0.15, 0.2) is 0 Å². The number of rotatable bonds is 7. The summed E-state index contributed by atoms with van der Waals surface area (Å²) in [6.45, 7) is 0.204.